The van der Waals surface area contributed by atoms with Gasteiger partial charge in [-0.3, -0.25) is 4.90 Å². The molecule has 0 unspecified atom stereocenters. The highest BCUT2D eigenvalue weighted by Gasteiger charge is 2.22. The van der Waals surface area contributed by atoms with Gasteiger partial charge in [-0.1, -0.05) is 36.5 Å². The van der Waals surface area contributed by atoms with Gasteiger partial charge >= 0.3 is 6.09 Å². The molecule has 21 heavy (non-hydrogen) atoms. The minimum atomic E-state index is -0.222. The van der Waals surface area contributed by atoms with Gasteiger partial charge in [-0.2, -0.15) is 0 Å². The van der Waals surface area contributed by atoms with E-state index in [0.717, 1.165) is 30.8 Å². The lowest BCUT2D eigenvalue weighted by molar-refractivity contribution is 0.0778. The van der Waals surface area contributed by atoms with Crippen LogP contribution >= 0.6 is 12.2 Å². The zero-order chi connectivity index (χ0) is 15.2. The number of nitrogens with two attached hydrogens (primary N) is 1. The molecule has 0 radical (unpaired) electrons. The fourth-order valence-electron chi connectivity index (χ4n) is 2.44. The topological polar surface area (TPSA) is 58.8 Å². The van der Waals surface area contributed by atoms with E-state index in [0.29, 0.717) is 24.7 Å². The van der Waals surface area contributed by atoms with Crippen LogP contribution in [0.3, 0.4) is 0 Å². The van der Waals surface area contributed by atoms with Gasteiger partial charge in [0.15, 0.2) is 0 Å². The van der Waals surface area contributed by atoms with Crippen LogP contribution in [0.1, 0.15) is 18.1 Å². The Hall–Kier alpha value is -1.66. The van der Waals surface area contributed by atoms with E-state index in [2.05, 4.69) is 4.90 Å². The van der Waals surface area contributed by atoms with E-state index in [-0.39, 0.29) is 6.09 Å². The van der Waals surface area contributed by atoms with Crippen LogP contribution in [0.2, 0.25) is 0 Å². The molecule has 2 N–H and O–H groups in total. The fraction of sp³-hybridized carbons (Fsp3) is 0.467. The molecule has 0 atom stereocenters. The Bertz CT molecular complexity index is 513. The highest BCUT2D eigenvalue weighted by atomic mass is 32.1. The molecule has 1 heterocycles. The lowest BCUT2D eigenvalue weighted by atomic mass is 10.1. The lowest BCUT2D eigenvalue weighted by Crippen LogP contribution is -2.48. The number of rotatable bonds is 4. The summed E-state index contributed by atoms with van der Waals surface area (Å²) in [4.78, 5) is 16.1. The average Bonchev–Trinajstić information content (AvgIpc) is 2.48. The second-order valence-electron chi connectivity index (χ2n) is 4.98. The predicted octanol–water partition coefficient (Wildman–Crippen LogP) is 1.59. The molecular formula is C15H21N3O2S. The van der Waals surface area contributed by atoms with E-state index >= 15 is 0 Å². The van der Waals surface area contributed by atoms with E-state index in [1.165, 1.54) is 0 Å². The van der Waals surface area contributed by atoms with Crippen LogP contribution < -0.4 is 5.73 Å². The number of carbonyl (C=O) groups is 1. The highest BCUT2D eigenvalue weighted by molar-refractivity contribution is 7.80. The molecule has 0 aliphatic carbocycles. The highest BCUT2D eigenvalue weighted by Crippen LogP contribution is 2.14. The van der Waals surface area contributed by atoms with Crippen LogP contribution in [-0.2, 0) is 11.3 Å². The Morgan fingerprint density at radius 3 is 2.57 bits per heavy atom. The minimum Gasteiger partial charge on any atom is -0.450 e. The smallest absolute Gasteiger partial charge is 0.409 e. The number of carbonyl (C=O) groups excluding carboxylic acids is 1. The molecule has 1 fully saturated rings. The van der Waals surface area contributed by atoms with Gasteiger partial charge in [0.25, 0.3) is 0 Å². The molecule has 1 aromatic rings. The second kappa shape index (κ2) is 7.38. The van der Waals surface area contributed by atoms with E-state index < -0.39 is 0 Å². The number of hydrogen-bond acceptors (Lipinski definition) is 4. The first kappa shape index (κ1) is 15.7. The number of nitrogens with zero attached hydrogens (tertiary/aromatic N) is 2. The molecule has 0 saturated carbocycles. The van der Waals surface area contributed by atoms with E-state index in [1.807, 2.05) is 31.2 Å². The molecule has 1 amide bonds. The summed E-state index contributed by atoms with van der Waals surface area (Å²) in [6.45, 7) is 6.06. The normalized spacial score (nSPS) is 15.8. The molecule has 0 bridgehead atoms. The maximum Gasteiger partial charge on any atom is 0.409 e. The van der Waals surface area contributed by atoms with Crippen molar-refractivity contribution in [3.8, 4) is 0 Å². The summed E-state index contributed by atoms with van der Waals surface area (Å²) >= 11 is 5.09. The molecule has 0 aromatic heterocycles. The van der Waals surface area contributed by atoms with Crippen molar-refractivity contribution in [1.82, 2.24) is 9.80 Å². The van der Waals surface area contributed by atoms with Crippen molar-refractivity contribution in [3.05, 3.63) is 35.4 Å². The van der Waals surface area contributed by atoms with Crippen LogP contribution in [0.4, 0.5) is 4.79 Å². The van der Waals surface area contributed by atoms with Crippen molar-refractivity contribution in [2.75, 3.05) is 32.8 Å². The standard InChI is InChI=1S/C15H21N3O2S/c1-2-20-15(19)18-9-7-17(8-10-18)11-12-5-3-4-6-13(12)14(16)21/h3-6H,2,7-11H2,1H3,(H2,16,21). The molecule has 1 aromatic carbocycles. The van der Waals surface area contributed by atoms with Gasteiger partial charge in [0.2, 0.25) is 0 Å². The molecule has 1 saturated heterocycles. The number of thiocarbonyl (C=S) groups is 1. The molecule has 1 aliphatic heterocycles. The summed E-state index contributed by atoms with van der Waals surface area (Å²) in [7, 11) is 0. The quantitative estimate of drug-likeness (QED) is 0.856. The number of ether oxygens (including phenoxy) is 1. The van der Waals surface area contributed by atoms with Crippen molar-refractivity contribution >= 4 is 23.3 Å². The first-order chi connectivity index (χ1) is 10.1. The van der Waals surface area contributed by atoms with Crippen LogP contribution in [0.15, 0.2) is 24.3 Å². The summed E-state index contributed by atoms with van der Waals surface area (Å²) in [5.74, 6) is 0. The van der Waals surface area contributed by atoms with Crippen LogP contribution in [0.25, 0.3) is 0 Å². The van der Waals surface area contributed by atoms with E-state index in [4.69, 9.17) is 22.7 Å². The Labute approximate surface area is 130 Å². The Morgan fingerprint density at radius 1 is 1.29 bits per heavy atom. The van der Waals surface area contributed by atoms with Crippen LogP contribution in [-0.4, -0.2) is 53.7 Å². The van der Waals surface area contributed by atoms with Crippen molar-refractivity contribution in [3.63, 3.8) is 0 Å². The first-order valence-corrected chi connectivity index (χ1v) is 7.54. The largest absolute Gasteiger partial charge is 0.450 e. The summed E-state index contributed by atoms with van der Waals surface area (Å²) in [6.07, 6.45) is -0.222. The van der Waals surface area contributed by atoms with Crippen LogP contribution in [0.5, 0.6) is 0 Å². The van der Waals surface area contributed by atoms with Gasteiger partial charge in [-0.05, 0) is 12.5 Å². The molecule has 5 nitrogen and oxygen atoms in total. The third-order valence-corrected chi connectivity index (χ3v) is 3.79. The van der Waals surface area contributed by atoms with Gasteiger partial charge in [-0.15, -0.1) is 0 Å². The van der Waals surface area contributed by atoms with Gasteiger partial charge < -0.3 is 15.4 Å². The Balaban J connectivity index is 1.92. The third kappa shape index (κ3) is 4.15. The second-order valence-corrected chi connectivity index (χ2v) is 5.42. The molecule has 6 heteroatoms. The van der Waals surface area contributed by atoms with Gasteiger partial charge in [0.1, 0.15) is 4.99 Å². The summed E-state index contributed by atoms with van der Waals surface area (Å²) in [6, 6.07) is 7.93. The number of benzene rings is 1. The van der Waals surface area contributed by atoms with Crippen molar-refractivity contribution < 1.29 is 9.53 Å². The minimum absolute atomic E-state index is 0.222. The average molecular weight is 307 g/mol. The van der Waals surface area contributed by atoms with Crippen molar-refractivity contribution in [2.45, 2.75) is 13.5 Å². The van der Waals surface area contributed by atoms with Crippen molar-refractivity contribution in [1.29, 1.82) is 0 Å². The fourth-order valence-corrected chi connectivity index (χ4v) is 2.64. The Kier molecular flexibility index (Phi) is 5.52. The van der Waals surface area contributed by atoms with Gasteiger partial charge in [0.05, 0.1) is 6.61 Å². The number of amides is 1. The molecule has 114 valence electrons. The van der Waals surface area contributed by atoms with Crippen LogP contribution in [0, 0.1) is 0 Å². The molecule has 1 aliphatic rings. The first-order valence-electron chi connectivity index (χ1n) is 7.13. The maximum absolute atomic E-state index is 11.7. The predicted molar refractivity (Wildman–Crippen MR) is 86.2 cm³/mol. The third-order valence-electron chi connectivity index (χ3n) is 3.58. The summed E-state index contributed by atoms with van der Waals surface area (Å²) in [5.41, 5.74) is 7.82. The zero-order valence-electron chi connectivity index (χ0n) is 12.2. The molecular weight excluding hydrogens is 286 g/mol. The number of hydrogen-bond donors (Lipinski definition) is 1. The molecule has 2 rings (SSSR count). The lowest BCUT2D eigenvalue weighted by Gasteiger charge is -2.34. The Morgan fingerprint density at radius 2 is 1.95 bits per heavy atom. The molecule has 0 spiro atoms. The van der Waals surface area contributed by atoms with Gasteiger partial charge in [-0.25, -0.2) is 4.79 Å². The monoisotopic (exact) mass is 307 g/mol. The SMILES string of the molecule is CCOC(=O)N1CCN(Cc2ccccc2C(N)=S)CC1. The van der Waals surface area contributed by atoms with Gasteiger partial charge in [0, 0.05) is 38.3 Å². The summed E-state index contributed by atoms with van der Waals surface area (Å²) < 4.78 is 5.02. The summed E-state index contributed by atoms with van der Waals surface area (Å²) in [5, 5.41) is 0. The van der Waals surface area contributed by atoms with E-state index in [9.17, 15) is 4.79 Å². The van der Waals surface area contributed by atoms with Crippen molar-refractivity contribution in [2.24, 2.45) is 5.73 Å². The zero-order valence-corrected chi connectivity index (χ0v) is 13.1. The number of piperazine rings is 1. The van der Waals surface area contributed by atoms with E-state index in [1.54, 1.807) is 4.90 Å². The maximum atomic E-state index is 11.7.